The van der Waals surface area contributed by atoms with Crippen molar-refractivity contribution >= 4 is 10.1 Å². The van der Waals surface area contributed by atoms with Crippen LogP contribution in [-0.4, -0.2) is 24.8 Å². The molecular weight excluding hydrogens is 420 g/mol. The van der Waals surface area contributed by atoms with Gasteiger partial charge in [0.2, 0.25) is 0 Å². The van der Waals surface area contributed by atoms with E-state index in [1.54, 1.807) is 0 Å². The molecule has 0 bridgehead atoms. The monoisotopic (exact) mass is 468 g/mol. The van der Waals surface area contributed by atoms with E-state index in [1.807, 2.05) is 0 Å². The Morgan fingerprint density at radius 3 is 1.81 bits per heavy atom. The third-order valence-electron chi connectivity index (χ3n) is 6.23. The maximum Gasteiger partial charge on any atom is 0.270 e. The molecule has 0 saturated heterocycles. The van der Waals surface area contributed by atoms with Gasteiger partial charge in [0.1, 0.15) is 17.6 Å². The molecule has 0 aliphatic rings. The van der Waals surface area contributed by atoms with Gasteiger partial charge in [-0.15, -0.1) is 0 Å². The second-order valence-corrected chi connectivity index (χ2v) is 11.2. The van der Waals surface area contributed by atoms with E-state index in [0.717, 1.165) is 30.6 Å². The molecule has 1 rings (SSSR count). The minimum Gasteiger partial charge on any atom is -0.492 e. The number of hydrogen-bond acceptors (Lipinski definition) is 3. The minimum absolute atomic E-state index is 0.0241. The zero-order valence-corrected chi connectivity index (χ0v) is 21.7. The lowest BCUT2D eigenvalue weighted by Gasteiger charge is -2.16. The predicted octanol–water partition coefficient (Wildman–Crippen LogP) is 7.93. The quantitative estimate of drug-likeness (QED) is 0.156. The van der Waals surface area contributed by atoms with E-state index in [1.165, 1.54) is 96.0 Å². The fourth-order valence-corrected chi connectivity index (χ4v) is 4.19. The first-order valence-electron chi connectivity index (χ1n) is 13.1. The highest BCUT2D eigenvalue weighted by Gasteiger charge is 2.18. The Hall–Kier alpha value is -1.07. The van der Waals surface area contributed by atoms with Crippen LogP contribution in [0.5, 0.6) is 5.75 Å². The number of rotatable bonds is 20. The maximum absolute atomic E-state index is 11.4. The maximum atomic E-state index is 11.4. The standard InChI is InChI=1S/C27H48O4S/c1-4-6-8-10-12-14-16-18-25-20-21-26(19-17-15-13-11-9-7-5-2)27(22-25)31-23-24(3)32(28,29)30/h20-22,24H,4-19,23H2,1-3H3,(H,28,29,30). The first-order valence-corrected chi connectivity index (χ1v) is 14.6. The Morgan fingerprint density at radius 1 is 0.781 bits per heavy atom. The summed E-state index contributed by atoms with van der Waals surface area (Å²) in [5.74, 6) is 0.784. The van der Waals surface area contributed by atoms with Gasteiger partial charge >= 0.3 is 0 Å². The topological polar surface area (TPSA) is 63.6 Å². The van der Waals surface area contributed by atoms with Crippen molar-refractivity contribution < 1.29 is 17.7 Å². The number of aryl methyl sites for hydroxylation is 2. The van der Waals surface area contributed by atoms with Crippen LogP contribution < -0.4 is 4.74 Å². The molecule has 0 spiro atoms. The van der Waals surface area contributed by atoms with Crippen LogP contribution in [0.15, 0.2) is 18.2 Å². The molecule has 186 valence electrons. The highest BCUT2D eigenvalue weighted by molar-refractivity contribution is 7.86. The van der Waals surface area contributed by atoms with E-state index in [4.69, 9.17) is 4.74 Å². The third kappa shape index (κ3) is 13.5. The van der Waals surface area contributed by atoms with Crippen molar-refractivity contribution in [1.29, 1.82) is 0 Å². The zero-order valence-electron chi connectivity index (χ0n) is 20.9. The molecule has 1 unspecified atom stereocenters. The second kappa shape index (κ2) is 17.4. The molecule has 1 N–H and O–H groups in total. The van der Waals surface area contributed by atoms with Gasteiger partial charge in [-0.1, -0.05) is 103 Å². The number of benzene rings is 1. The number of hydrogen-bond donors (Lipinski definition) is 1. The Balaban J connectivity index is 2.59. The van der Waals surface area contributed by atoms with Crippen molar-refractivity contribution in [3.63, 3.8) is 0 Å². The van der Waals surface area contributed by atoms with Gasteiger partial charge < -0.3 is 4.74 Å². The average molecular weight is 469 g/mol. The van der Waals surface area contributed by atoms with Crippen LogP contribution >= 0.6 is 0 Å². The molecule has 1 atom stereocenters. The van der Waals surface area contributed by atoms with Gasteiger partial charge in [-0.2, -0.15) is 8.42 Å². The lowest BCUT2D eigenvalue weighted by molar-refractivity contribution is 0.307. The van der Waals surface area contributed by atoms with Crippen molar-refractivity contribution in [2.45, 2.75) is 129 Å². The van der Waals surface area contributed by atoms with Crippen LogP contribution in [0.25, 0.3) is 0 Å². The molecule has 0 aromatic heterocycles. The molecule has 4 nitrogen and oxygen atoms in total. The van der Waals surface area contributed by atoms with Crippen molar-refractivity contribution in [3.05, 3.63) is 29.3 Å². The lowest BCUT2D eigenvalue weighted by atomic mass is 9.99. The summed E-state index contributed by atoms with van der Waals surface area (Å²) < 4.78 is 37.9. The molecule has 1 aromatic carbocycles. The van der Waals surface area contributed by atoms with Gasteiger partial charge in [0, 0.05) is 0 Å². The molecule has 0 amide bonds. The first-order chi connectivity index (χ1) is 15.4. The summed E-state index contributed by atoms with van der Waals surface area (Å²) in [4.78, 5) is 0. The summed E-state index contributed by atoms with van der Waals surface area (Å²) in [5, 5.41) is -0.930. The Labute approximate surface area is 198 Å². The van der Waals surface area contributed by atoms with Gasteiger partial charge in [-0.05, 0) is 49.8 Å². The van der Waals surface area contributed by atoms with E-state index < -0.39 is 15.4 Å². The summed E-state index contributed by atoms with van der Waals surface area (Å²) in [6.07, 6.45) is 19.8. The van der Waals surface area contributed by atoms with E-state index in [-0.39, 0.29) is 6.61 Å². The largest absolute Gasteiger partial charge is 0.492 e. The molecule has 0 radical (unpaired) electrons. The van der Waals surface area contributed by atoms with Crippen LogP contribution in [0.2, 0.25) is 0 Å². The first kappa shape index (κ1) is 29.0. The molecule has 0 heterocycles. The summed E-state index contributed by atoms with van der Waals surface area (Å²) in [6.45, 7) is 5.94. The smallest absolute Gasteiger partial charge is 0.270 e. The van der Waals surface area contributed by atoms with Gasteiger partial charge in [0.05, 0.1) is 0 Å². The fraction of sp³-hybridized carbons (Fsp3) is 0.778. The summed E-state index contributed by atoms with van der Waals surface area (Å²) in [5.41, 5.74) is 2.39. The van der Waals surface area contributed by atoms with Crippen molar-refractivity contribution in [2.75, 3.05) is 6.61 Å². The Bertz CT molecular complexity index is 700. The van der Waals surface area contributed by atoms with Gasteiger partial charge in [-0.25, -0.2) is 0 Å². The minimum atomic E-state index is -4.08. The molecule has 32 heavy (non-hydrogen) atoms. The molecule has 0 aliphatic carbocycles. The molecule has 1 aromatic rings. The molecule has 5 heteroatoms. The van der Waals surface area contributed by atoms with Gasteiger partial charge in [0.15, 0.2) is 0 Å². The van der Waals surface area contributed by atoms with Gasteiger partial charge in [-0.3, -0.25) is 4.55 Å². The summed E-state index contributed by atoms with van der Waals surface area (Å²) >= 11 is 0. The lowest BCUT2D eigenvalue weighted by Crippen LogP contribution is -2.24. The Kier molecular flexibility index (Phi) is 15.8. The van der Waals surface area contributed by atoms with Crippen LogP contribution in [0.3, 0.4) is 0 Å². The van der Waals surface area contributed by atoms with Crippen LogP contribution in [0, 0.1) is 0 Å². The predicted molar refractivity (Wildman–Crippen MR) is 136 cm³/mol. The van der Waals surface area contributed by atoms with Crippen molar-refractivity contribution in [3.8, 4) is 5.75 Å². The normalized spacial score (nSPS) is 12.8. The highest BCUT2D eigenvalue weighted by Crippen LogP contribution is 2.25. The number of unbranched alkanes of at least 4 members (excludes halogenated alkanes) is 12. The van der Waals surface area contributed by atoms with E-state index in [2.05, 4.69) is 32.0 Å². The Morgan fingerprint density at radius 2 is 1.28 bits per heavy atom. The fourth-order valence-electron chi connectivity index (χ4n) is 3.95. The third-order valence-corrected chi connectivity index (χ3v) is 7.39. The highest BCUT2D eigenvalue weighted by atomic mass is 32.2. The molecule has 0 fully saturated rings. The molecular formula is C27H48O4S. The average Bonchev–Trinajstić information content (AvgIpc) is 2.76. The summed E-state index contributed by atoms with van der Waals surface area (Å²) in [7, 11) is -4.08. The van der Waals surface area contributed by atoms with Crippen LogP contribution in [0.4, 0.5) is 0 Å². The van der Waals surface area contributed by atoms with E-state index >= 15 is 0 Å². The summed E-state index contributed by atoms with van der Waals surface area (Å²) in [6, 6.07) is 6.44. The van der Waals surface area contributed by atoms with Crippen LogP contribution in [0.1, 0.15) is 122 Å². The van der Waals surface area contributed by atoms with E-state index in [0.29, 0.717) is 0 Å². The molecule has 0 saturated carbocycles. The van der Waals surface area contributed by atoms with E-state index in [9.17, 15) is 13.0 Å². The number of ether oxygens (including phenoxy) is 1. The zero-order chi connectivity index (χ0) is 23.7. The van der Waals surface area contributed by atoms with Crippen molar-refractivity contribution in [2.24, 2.45) is 0 Å². The second-order valence-electron chi connectivity index (χ2n) is 9.32. The van der Waals surface area contributed by atoms with Crippen molar-refractivity contribution in [1.82, 2.24) is 0 Å². The van der Waals surface area contributed by atoms with Crippen LogP contribution in [-0.2, 0) is 23.0 Å². The molecule has 0 aliphatic heterocycles. The van der Waals surface area contributed by atoms with Gasteiger partial charge in [0.25, 0.3) is 10.1 Å². The SMILES string of the molecule is CCCCCCCCCc1ccc(CCCCCCCCC)c(OCC(C)S(=O)(=O)O)c1.